The molecule has 0 amide bonds. The van der Waals surface area contributed by atoms with Crippen molar-refractivity contribution in [3.63, 3.8) is 0 Å². The summed E-state index contributed by atoms with van der Waals surface area (Å²) in [5.74, 6) is 1.84. The van der Waals surface area contributed by atoms with E-state index >= 15 is 0 Å². The van der Waals surface area contributed by atoms with Gasteiger partial charge < -0.3 is 9.47 Å². The minimum Gasteiger partial charge on any atom is -0.488 e. The van der Waals surface area contributed by atoms with Crippen LogP contribution in [0, 0.1) is 23.7 Å². The molecule has 1 atom stereocenters. The van der Waals surface area contributed by atoms with Crippen molar-refractivity contribution in [3.05, 3.63) is 112 Å². The highest BCUT2D eigenvalue weighted by molar-refractivity contribution is 5.68. The van der Waals surface area contributed by atoms with Gasteiger partial charge in [0.15, 0.2) is 0 Å². The average molecular weight is 570 g/mol. The van der Waals surface area contributed by atoms with Gasteiger partial charge in [-0.1, -0.05) is 48.5 Å². The molecule has 1 aromatic heterocycles. The Morgan fingerprint density at radius 1 is 0.953 bits per heavy atom. The molecule has 1 aliphatic heterocycles. The Morgan fingerprint density at radius 2 is 1.77 bits per heavy atom. The minimum absolute atomic E-state index is 0.367. The number of fused-ring (bicyclic) bond motifs is 1. The van der Waals surface area contributed by atoms with Crippen molar-refractivity contribution < 1.29 is 9.47 Å². The number of nitrogens with zero attached hydrogens (tertiary/aromatic N) is 3. The second-order valence-corrected chi connectivity index (χ2v) is 12.8. The molecule has 2 heterocycles. The number of pyridine rings is 1. The third kappa shape index (κ3) is 5.65. The van der Waals surface area contributed by atoms with Gasteiger partial charge in [-0.15, -0.1) is 0 Å². The summed E-state index contributed by atoms with van der Waals surface area (Å²) in [7, 11) is 0. The van der Waals surface area contributed by atoms with Crippen LogP contribution in [0.5, 0.6) is 11.5 Å². The SMILES string of the molecule is Cc1c(COc2cc(OCc3cncc(C#N)c3)c(CN3CC4(CC4)C[C@H]3C)c3c2CCC3)cccc1-c1ccccc1. The van der Waals surface area contributed by atoms with E-state index in [9.17, 15) is 5.26 Å². The zero-order valence-corrected chi connectivity index (χ0v) is 25.2. The van der Waals surface area contributed by atoms with Gasteiger partial charge in [0, 0.05) is 48.7 Å². The van der Waals surface area contributed by atoms with E-state index < -0.39 is 0 Å². The molecule has 1 spiro atoms. The summed E-state index contributed by atoms with van der Waals surface area (Å²) in [5, 5.41) is 9.37. The molecule has 0 bridgehead atoms. The maximum atomic E-state index is 9.37. The van der Waals surface area contributed by atoms with E-state index in [0.29, 0.717) is 30.2 Å². The van der Waals surface area contributed by atoms with Crippen LogP contribution in [0.1, 0.15) is 71.6 Å². The van der Waals surface area contributed by atoms with Crippen molar-refractivity contribution in [1.82, 2.24) is 9.88 Å². The molecule has 3 aliphatic rings. The molecule has 5 heteroatoms. The highest BCUT2D eigenvalue weighted by atomic mass is 16.5. The smallest absolute Gasteiger partial charge is 0.128 e. The normalized spacial score (nSPS) is 18.4. The van der Waals surface area contributed by atoms with E-state index in [4.69, 9.17) is 9.47 Å². The first-order valence-corrected chi connectivity index (χ1v) is 15.7. The third-order valence-corrected chi connectivity index (χ3v) is 9.88. The van der Waals surface area contributed by atoms with Crippen molar-refractivity contribution in [2.45, 2.75) is 78.2 Å². The number of aromatic nitrogens is 1. The summed E-state index contributed by atoms with van der Waals surface area (Å²) in [6.07, 6.45) is 10.7. The van der Waals surface area contributed by atoms with Crippen LogP contribution < -0.4 is 9.47 Å². The Kier molecular flexibility index (Phi) is 7.41. The third-order valence-electron chi connectivity index (χ3n) is 9.88. The van der Waals surface area contributed by atoms with Crippen LogP contribution in [0.3, 0.4) is 0 Å². The lowest BCUT2D eigenvalue weighted by atomic mass is 9.97. The first-order chi connectivity index (χ1) is 21.0. The molecular formula is C38H39N3O2. The van der Waals surface area contributed by atoms with E-state index in [2.05, 4.69) is 84.4 Å². The Labute approximate surface area is 255 Å². The second-order valence-electron chi connectivity index (χ2n) is 12.8. The zero-order valence-electron chi connectivity index (χ0n) is 25.2. The van der Waals surface area contributed by atoms with Gasteiger partial charge in [0.05, 0.1) is 5.56 Å². The number of hydrogen-bond acceptors (Lipinski definition) is 5. The van der Waals surface area contributed by atoms with Gasteiger partial charge in [-0.25, -0.2) is 0 Å². The lowest BCUT2D eigenvalue weighted by molar-refractivity contribution is 0.240. The Bertz CT molecular complexity index is 1690. The molecule has 0 unspecified atom stereocenters. The molecular weight excluding hydrogens is 530 g/mol. The van der Waals surface area contributed by atoms with Crippen LogP contribution in [0.15, 0.2) is 73.1 Å². The summed E-state index contributed by atoms with van der Waals surface area (Å²) in [4.78, 5) is 6.92. The summed E-state index contributed by atoms with van der Waals surface area (Å²) in [6, 6.07) is 23.8. The molecule has 43 heavy (non-hydrogen) atoms. The van der Waals surface area contributed by atoms with Gasteiger partial charge in [0.2, 0.25) is 0 Å². The van der Waals surface area contributed by atoms with Crippen molar-refractivity contribution in [1.29, 1.82) is 5.26 Å². The highest BCUT2D eigenvalue weighted by Crippen LogP contribution is 2.55. The monoisotopic (exact) mass is 569 g/mol. The first kappa shape index (κ1) is 27.7. The van der Waals surface area contributed by atoms with Gasteiger partial charge in [-0.2, -0.15) is 5.26 Å². The number of benzene rings is 3. The average Bonchev–Trinajstić information content (AvgIpc) is 3.45. The highest BCUT2D eigenvalue weighted by Gasteiger charge is 2.50. The molecule has 2 aliphatic carbocycles. The Morgan fingerprint density at radius 3 is 2.56 bits per heavy atom. The van der Waals surface area contributed by atoms with Crippen LogP contribution >= 0.6 is 0 Å². The van der Waals surface area contributed by atoms with Gasteiger partial charge in [0.25, 0.3) is 0 Å². The number of hydrogen-bond donors (Lipinski definition) is 0. The summed E-state index contributed by atoms with van der Waals surface area (Å²) >= 11 is 0. The summed E-state index contributed by atoms with van der Waals surface area (Å²) in [6.45, 7) is 7.55. The second kappa shape index (κ2) is 11.5. The van der Waals surface area contributed by atoms with Crippen LogP contribution in [-0.2, 0) is 32.6 Å². The predicted molar refractivity (Wildman–Crippen MR) is 169 cm³/mol. The van der Waals surface area contributed by atoms with Crippen molar-refractivity contribution in [3.8, 4) is 28.7 Å². The molecule has 1 saturated heterocycles. The maximum absolute atomic E-state index is 9.37. The van der Waals surface area contributed by atoms with E-state index in [-0.39, 0.29) is 0 Å². The molecule has 2 fully saturated rings. The molecule has 0 N–H and O–H groups in total. The first-order valence-electron chi connectivity index (χ1n) is 15.7. The fraction of sp³-hybridized carbons (Fsp3) is 0.368. The lowest BCUT2D eigenvalue weighted by Gasteiger charge is -2.26. The van der Waals surface area contributed by atoms with E-state index in [1.54, 1.807) is 12.4 Å². The zero-order chi connectivity index (χ0) is 29.4. The van der Waals surface area contributed by atoms with Crippen molar-refractivity contribution in [2.75, 3.05) is 6.54 Å². The predicted octanol–water partition coefficient (Wildman–Crippen LogP) is 7.95. The maximum Gasteiger partial charge on any atom is 0.128 e. The number of nitriles is 1. The molecule has 3 aromatic carbocycles. The van der Waals surface area contributed by atoms with Crippen molar-refractivity contribution in [2.24, 2.45) is 5.41 Å². The topological polar surface area (TPSA) is 58.4 Å². The van der Waals surface area contributed by atoms with E-state index in [1.165, 1.54) is 64.8 Å². The molecule has 5 nitrogen and oxygen atoms in total. The van der Waals surface area contributed by atoms with Crippen molar-refractivity contribution >= 4 is 0 Å². The van der Waals surface area contributed by atoms with E-state index in [0.717, 1.165) is 42.9 Å². The fourth-order valence-corrected chi connectivity index (χ4v) is 7.30. The Balaban J connectivity index is 1.20. The molecule has 4 aromatic rings. The van der Waals surface area contributed by atoms with Crippen LogP contribution in [0.25, 0.3) is 11.1 Å². The number of rotatable bonds is 9. The standard InChI is InChI=1S/C38H39N3O2/c1-26-18-38(14-15-38)25-41(26)22-35-33-12-7-13-34(33)36(17-37(35)42-23-29-16-28(19-39)20-40-21-29)43-24-31-10-6-11-32(27(31)2)30-8-4-3-5-9-30/h3-6,8-11,16-17,20-21,26H,7,12-15,18,22-25H2,1-2H3/t26-/m1/s1. The van der Waals surface area contributed by atoms with Gasteiger partial charge >= 0.3 is 0 Å². The van der Waals surface area contributed by atoms with Crippen LogP contribution in [-0.4, -0.2) is 22.5 Å². The largest absolute Gasteiger partial charge is 0.488 e. The number of ether oxygens (including phenoxy) is 2. The quantitative estimate of drug-likeness (QED) is 0.205. The molecule has 1 saturated carbocycles. The lowest BCUT2D eigenvalue weighted by Crippen LogP contribution is -2.27. The molecule has 0 radical (unpaired) electrons. The summed E-state index contributed by atoms with van der Waals surface area (Å²) < 4.78 is 13.3. The van der Waals surface area contributed by atoms with E-state index in [1.807, 2.05) is 6.07 Å². The van der Waals surface area contributed by atoms with Crippen LogP contribution in [0.4, 0.5) is 0 Å². The van der Waals surface area contributed by atoms with Gasteiger partial charge in [0.1, 0.15) is 30.8 Å². The summed E-state index contributed by atoms with van der Waals surface area (Å²) in [5.41, 5.74) is 11.0. The minimum atomic E-state index is 0.367. The molecule has 7 rings (SSSR count). The fourth-order valence-electron chi connectivity index (χ4n) is 7.30. The van der Waals surface area contributed by atoms with Crippen LogP contribution in [0.2, 0.25) is 0 Å². The Hall–Kier alpha value is -4.14. The van der Waals surface area contributed by atoms with Gasteiger partial charge in [-0.3, -0.25) is 9.88 Å². The van der Waals surface area contributed by atoms with Gasteiger partial charge in [-0.05, 0) is 97.2 Å². The molecule has 218 valence electrons. The number of likely N-dealkylation sites (tertiary alicyclic amines) is 1.